The molecule has 0 radical (unpaired) electrons. The predicted octanol–water partition coefficient (Wildman–Crippen LogP) is 3.03. The van der Waals surface area contributed by atoms with E-state index in [2.05, 4.69) is 41.8 Å². The zero-order valence-electron chi connectivity index (χ0n) is 12.3. The van der Waals surface area contributed by atoms with Gasteiger partial charge in [-0.3, -0.25) is 9.67 Å². The van der Waals surface area contributed by atoms with Crippen molar-refractivity contribution in [3.05, 3.63) is 41.5 Å². The molecule has 110 valence electrons. The molecule has 2 heterocycles. The van der Waals surface area contributed by atoms with Crippen molar-refractivity contribution >= 4 is 11.6 Å². The average Bonchev–Trinajstić information content (AvgIpc) is 2.94. The lowest BCUT2D eigenvalue weighted by Crippen LogP contribution is -2.06. The number of nitrogens with zero attached hydrogens (tertiary/aromatic N) is 3. The van der Waals surface area contributed by atoms with Gasteiger partial charge in [-0.15, -0.1) is 11.6 Å². The van der Waals surface area contributed by atoms with Crippen LogP contribution in [0, 0.1) is 11.8 Å². The number of aryl methyl sites for hydroxylation is 2. The first-order valence-electron chi connectivity index (χ1n) is 6.95. The number of aromatic nitrogens is 3. The first kappa shape index (κ1) is 15.4. The second-order valence-electron chi connectivity index (χ2n) is 4.43. The van der Waals surface area contributed by atoms with E-state index in [-0.39, 0.29) is 0 Å². The zero-order chi connectivity index (χ0) is 15.1. The van der Waals surface area contributed by atoms with Gasteiger partial charge in [-0.05, 0) is 25.5 Å². The van der Waals surface area contributed by atoms with Gasteiger partial charge >= 0.3 is 0 Å². The fourth-order valence-corrected chi connectivity index (χ4v) is 2.00. The van der Waals surface area contributed by atoms with E-state index in [4.69, 9.17) is 16.3 Å². The van der Waals surface area contributed by atoms with E-state index in [9.17, 15) is 0 Å². The molecule has 0 fully saturated rings. The summed E-state index contributed by atoms with van der Waals surface area (Å²) in [5.41, 5.74) is 2.94. The van der Waals surface area contributed by atoms with E-state index < -0.39 is 0 Å². The molecule has 4 nitrogen and oxygen atoms in total. The van der Waals surface area contributed by atoms with Crippen LogP contribution in [-0.2, 0) is 19.6 Å². The number of hydrogen-bond acceptors (Lipinski definition) is 3. The minimum Gasteiger partial charge on any atom is -0.486 e. The summed E-state index contributed by atoms with van der Waals surface area (Å²) in [6.45, 7) is 5.46. The van der Waals surface area contributed by atoms with E-state index in [1.165, 1.54) is 0 Å². The standard InChI is InChI=1S/C16H18ClN3O/c1-3-14-9-15(20(4-2)19-14)12-21-16-8-13(6-5-7-17)10-18-11-16/h8-11H,3-4,7,12H2,1-2H3. The minimum absolute atomic E-state index is 0.306. The van der Waals surface area contributed by atoms with Crippen LogP contribution in [0.5, 0.6) is 5.75 Å². The molecule has 0 aliphatic rings. The first-order chi connectivity index (χ1) is 10.3. The topological polar surface area (TPSA) is 39.9 Å². The highest BCUT2D eigenvalue weighted by Crippen LogP contribution is 2.14. The van der Waals surface area contributed by atoms with Crippen molar-refractivity contribution in [2.45, 2.75) is 33.4 Å². The quantitative estimate of drug-likeness (QED) is 0.629. The summed E-state index contributed by atoms with van der Waals surface area (Å²) in [4.78, 5) is 4.12. The number of rotatable bonds is 5. The molecule has 2 aromatic heterocycles. The Balaban J connectivity index is 2.07. The van der Waals surface area contributed by atoms with Crippen molar-refractivity contribution in [3.8, 4) is 17.6 Å². The van der Waals surface area contributed by atoms with Gasteiger partial charge in [0.15, 0.2) is 0 Å². The third-order valence-corrected chi connectivity index (χ3v) is 3.11. The monoisotopic (exact) mass is 303 g/mol. The number of pyridine rings is 1. The lowest BCUT2D eigenvalue weighted by atomic mass is 10.3. The van der Waals surface area contributed by atoms with Crippen molar-refractivity contribution < 1.29 is 4.74 Å². The average molecular weight is 304 g/mol. The Bertz CT molecular complexity index is 655. The van der Waals surface area contributed by atoms with Crippen molar-refractivity contribution in [1.82, 2.24) is 14.8 Å². The maximum Gasteiger partial charge on any atom is 0.139 e. The second-order valence-corrected chi connectivity index (χ2v) is 4.70. The van der Waals surface area contributed by atoms with Gasteiger partial charge in [0.25, 0.3) is 0 Å². The number of alkyl halides is 1. The van der Waals surface area contributed by atoms with Gasteiger partial charge in [-0.1, -0.05) is 18.8 Å². The molecule has 0 amide bonds. The third-order valence-electron chi connectivity index (χ3n) is 2.98. The van der Waals surface area contributed by atoms with Gasteiger partial charge in [-0.25, -0.2) is 0 Å². The Hall–Kier alpha value is -1.99. The van der Waals surface area contributed by atoms with Gasteiger partial charge in [0.05, 0.1) is 23.5 Å². The van der Waals surface area contributed by atoms with Crippen LogP contribution < -0.4 is 4.74 Å². The molecule has 0 unspecified atom stereocenters. The highest BCUT2D eigenvalue weighted by molar-refractivity contribution is 6.19. The minimum atomic E-state index is 0.306. The van der Waals surface area contributed by atoms with Gasteiger partial charge < -0.3 is 4.74 Å². The summed E-state index contributed by atoms with van der Waals surface area (Å²) in [6, 6.07) is 3.94. The highest BCUT2D eigenvalue weighted by Gasteiger charge is 2.06. The third kappa shape index (κ3) is 4.24. The molecule has 2 rings (SSSR count). The lowest BCUT2D eigenvalue weighted by molar-refractivity contribution is 0.291. The van der Waals surface area contributed by atoms with E-state index in [1.54, 1.807) is 12.4 Å². The summed E-state index contributed by atoms with van der Waals surface area (Å²) in [6.07, 6.45) is 4.29. The Morgan fingerprint density at radius 2 is 2.14 bits per heavy atom. The summed E-state index contributed by atoms with van der Waals surface area (Å²) in [5, 5.41) is 4.50. The Labute approximate surface area is 130 Å². The van der Waals surface area contributed by atoms with Crippen LogP contribution in [-0.4, -0.2) is 20.6 Å². The molecule has 0 atom stereocenters. The van der Waals surface area contributed by atoms with Crippen molar-refractivity contribution in [2.24, 2.45) is 0 Å². The molecule has 2 aromatic rings. The fraction of sp³-hybridized carbons (Fsp3) is 0.375. The summed E-state index contributed by atoms with van der Waals surface area (Å²) >= 11 is 5.55. The zero-order valence-corrected chi connectivity index (χ0v) is 13.0. The summed E-state index contributed by atoms with van der Waals surface area (Å²) in [5.74, 6) is 6.73. The maximum atomic E-state index is 5.79. The summed E-state index contributed by atoms with van der Waals surface area (Å²) in [7, 11) is 0. The van der Waals surface area contributed by atoms with Crippen LogP contribution in [0.2, 0.25) is 0 Å². The molecule has 5 heteroatoms. The summed E-state index contributed by atoms with van der Waals surface area (Å²) < 4.78 is 7.75. The molecule has 0 saturated carbocycles. The van der Waals surface area contributed by atoms with Crippen molar-refractivity contribution in [3.63, 3.8) is 0 Å². The molecular formula is C16H18ClN3O. The SMILES string of the molecule is CCc1cc(COc2cncc(C#CCCl)c2)n(CC)n1. The van der Waals surface area contributed by atoms with Crippen LogP contribution in [0.4, 0.5) is 0 Å². The molecule has 0 bridgehead atoms. The maximum absolute atomic E-state index is 5.79. The Kier molecular flexibility index (Phi) is 5.65. The van der Waals surface area contributed by atoms with E-state index >= 15 is 0 Å². The normalized spacial score (nSPS) is 10.0. The predicted molar refractivity (Wildman–Crippen MR) is 83.4 cm³/mol. The van der Waals surface area contributed by atoms with Crippen LogP contribution in [0.15, 0.2) is 24.5 Å². The number of halogens is 1. The van der Waals surface area contributed by atoms with Crippen LogP contribution in [0.3, 0.4) is 0 Å². The van der Waals surface area contributed by atoms with Gasteiger partial charge in [0.2, 0.25) is 0 Å². The number of ether oxygens (including phenoxy) is 1. The van der Waals surface area contributed by atoms with Crippen LogP contribution >= 0.6 is 11.6 Å². The van der Waals surface area contributed by atoms with E-state index in [0.717, 1.165) is 29.9 Å². The molecule has 0 aromatic carbocycles. The van der Waals surface area contributed by atoms with Gasteiger partial charge in [0.1, 0.15) is 12.4 Å². The molecular weight excluding hydrogens is 286 g/mol. The molecule has 0 spiro atoms. The van der Waals surface area contributed by atoms with E-state index in [0.29, 0.717) is 18.2 Å². The molecule has 0 saturated heterocycles. The lowest BCUT2D eigenvalue weighted by Gasteiger charge is -2.07. The Morgan fingerprint density at radius 3 is 2.86 bits per heavy atom. The van der Waals surface area contributed by atoms with Crippen molar-refractivity contribution in [2.75, 3.05) is 5.88 Å². The molecule has 0 aliphatic carbocycles. The Morgan fingerprint density at radius 1 is 1.29 bits per heavy atom. The van der Waals surface area contributed by atoms with Gasteiger partial charge in [0, 0.05) is 18.3 Å². The van der Waals surface area contributed by atoms with E-state index in [1.807, 2.05) is 10.7 Å². The smallest absolute Gasteiger partial charge is 0.139 e. The highest BCUT2D eigenvalue weighted by atomic mass is 35.5. The van der Waals surface area contributed by atoms with Crippen LogP contribution in [0.1, 0.15) is 30.8 Å². The van der Waals surface area contributed by atoms with Crippen LogP contribution in [0.25, 0.3) is 0 Å². The van der Waals surface area contributed by atoms with Gasteiger partial charge in [-0.2, -0.15) is 5.10 Å². The molecule has 21 heavy (non-hydrogen) atoms. The molecule has 0 aliphatic heterocycles. The van der Waals surface area contributed by atoms with Crippen molar-refractivity contribution in [1.29, 1.82) is 0 Å². The fourth-order valence-electron chi connectivity index (χ4n) is 1.94. The second kappa shape index (κ2) is 7.70. The largest absolute Gasteiger partial charge is 0.486 e. The number of hydrogen-bond donors (Lipinski definition) is 0. The first-order valence-corrected chi connectivity index (χ1v) is 7.48. The molecule has 0 N–H and O–H groups in total.